The summed E-state index contributed by atoms with van der Waals surface area (Å²) in [6, 6.07) is 3.93. The highest BCUT2D eigenvalue weighted by Crippen LogP contribution is 2.31. The highest BCUT2D eigenvalue weighted by Gasteiger charge is 2.36. The zero-order chi connectivity index (χ0) is 13.2. The number of nitriles is 1. The Hall–Kier alpha value is -1.76. The first-order valence-corrected chi connectivity index (χ1v) is 6.34. The number of furan rings is 1. The van der Waals surface area contributed by atoms with E-state index in [-0.39, 0.29) is 5.91 Å². The fourth-order valence-electron chi connectivity index (χ4n) is 2.42. The van der Waals surface area contributed by atoms with Gasteiger partial charge in [-0.1, -0.05) is 6.92 Å². The molecule has 0 bridgehead atoms. The van der Waals surface area contributed by atoms with E-state index in [0.717, 1.165) is 25.7 Å². The van der Waals surface area contributed by atoms with Crippen molar-refractivity contribution in [1.29, 1.82) is 5.26 Å². The second kappa shape index (κ2) is 4.85. The number of amides is 1. The van der Waals surface area contributed by atoms with Crippen molar-refractivity contribution in [1.82, 2.24) is 5.32 Å². The molecule has 1 aromatic rings. The van der Waals surface area contributed by atoms with Gasteiger partial charge in [-0.15, -0.1) is 0 Å². The summed E-state index contributed by atoms with van der Waals surface area (Å²) in [4.78, 5) is 12.1. The molecule has 1 N–H and O–H groups in total. The molecule has 1 heterocycles. The SMILES string of the molecule is Cc1occc1C(=O)NC1(C#N)CCC(C)CC1. The first-order valence-electron chi connectivity index (χ1n) is 6.34. The summed E-state index contributed by atoms with van der Waals surface area (Å²) < 4.78 is 5.11. The van der Waals surface area contributed by atoms with E-state index in [4.69, 9.17) is 4.42 Å². The summed E-state index contributed by atoms with van der Waals surface area (Å²) in [5.74, 6) is 1.01. The molecule has 0 unspecified atom stereocenters. The summed E-state index contributed by atoms with van der Waals surface area (Å²) in [6.07, 6.45) is 4.92. The van der Waals surface area contributed by atoms with E-state index in [9.17, 15) is 10.1 Å². The quantitative estimate of drug-likeness (QED) is 0.872. The zero-order valence-electron chi connectivity index (χ0n) is 10.8. The van der Waals surface area contributed by atoms with Crippen molar-refractivity contribution in [3.05, 3.63) is 23.7 Å². The molecule has 1 amide bonds. The third kappa shape index (κ3) is 2.40. The van der Waals surface area contributed by atoms with Crippen LogP contribution in [0.3, 0.4) is 0 Å². The van der Waals surface area contributed by atoms with Crippen LogP contribution in [0.25, 0.3) is 0 Å². The van der Waals surface area contributed by atoms with Gasteiger partial charge in [-0.05, 0) is 44.6 Å². The molecule has 18 heavy (non-hydrogen) atoms. The van der Waals surface area contributed by atoms with Crippen LogP contribution < -0.4 is 5.32 Å². The highest BCUT2D eigenvalue weighted by atomic mass is 16.3. The Balaban J connectivity index is 2.10. The van der Waals surface area contributed by atoms with Crippen molar-refractivity contribution < 1.29 is 9.21 Å². The average Bonchev–Trinajstić information content (AvgIpc) is 2.79. The third-order valence-electron chi connectivity index (χ3n) is 3.80. The molecule has 0 atom stereocenters. The van der Waals surface area contributed by atoms with E-state index in [0.29, 0.717) is 17.2 Å². The van der Waals surface area contributed by atoms with Gasteiger partial charge in [0.15, 0.2) is 0 Å². The molecule has 96 valence electrons. The van der Waals surface area contributed by atoms with Crippen LogP contribution in [0, 0.1) is 24.2 Å². The molecule has 1 aromatic heterocycles. The van der Waals surface area contributed by atoms with Gasteiger partial charge < -0.3 is 9.73 Å². The second-order valence-corrected chi connectivity index (χ2v) is 5.22. The molecule has 0 radical (unpaired) electrons. The average molecular weight is 246 g/mol. The van der Waals surface area contributed by atoms with Crippen molar-refractivity contribution in [3.63, 3.8) is 0 Å². The van der Waals surface area contributed by atoms with Crippen LogP contribution in [-0.4, -0.2) is 11.4 Å². The van der Waals surface area contributed by atoms with Gasteiger partial charge in [0.2, 0.25) is 0 Å². The van der Waals surface area contributed by atoms with E-state index in [1.165, 1.54) is 6.26 Å². The first kappa shape index (κ1) is 12.7. The van der Waals surface area contributed by atoms with Crippen molar-refractivity contribution in [2.24, 2.45) is 5.92 Å². The summed E-state index contributed by atoms with van der Waals surface area (Å²) in [6.45, 7) is 3.93. The fourth-order valence-corrected chi connectivity index (χ4v) is 2.42. The van der Waals surface area contributed by atoms with Gasteiger partial charge in [-0.2, -0.15) is 5.26 Å². The molecule has 4 heteroatoms. The molecule has 1 fully saturated rings. The Bertz CT molecular complexity index is 476. The minimum absolute atomic E-state index is 0.211. The van der Waals surface area contributed by atoms with Crippen LogP contribution in [0.2, 0.25) is 0 Å². The molecule has 0 aliphatic heterocycles. The number of rotatable bonds is 2. The Kier molecular flexibility index (Phi) is 3.42. The molecule has 1 aliphatic rings. The third-order valence-corrected chi connectivity index (χ3v) is 3.80. The Labute approximate surface area is 107 Å². The highest BCUT2D eigenvalue weighted by molar-refractivity contribution is 5.95. The van der Waals surface area contributed by atoms with Gasteiger partial charge in [0.25, 0.3) is 5.91 Å². The van der Waals surface area contributed by atoms with E-state index >= 15 is 0 Å². The van der Waals surface area contributed by atoms with Crippen LogP contribution in [0.1, 0.15) is 48.7 Å². The minimum Gasteiger partial charge on any atom is -0.469 e. The van der Waals surface area contributed by atoms with Gasteiger partial charge in [-0.25, -0.2) is 0 Å². The second-order valence-electron chi connectivity index (χ2n) is 5.22. The molecule has 0 spiro atoms. The lowest BCUT2D eigenvalue weighted by Gasteiger charge is -2.34. The van der Waals surface area contributed by atoms with Crippen molar-refractivity contribution >= 4 is 5.91 Å². The van der Waals surface area contributed by atoms with E-state index in [1.54, 1.807) is 13.0 Å². The maximum Gasteiger partial charge on any atom is 0.256 e. The fraction of sp³-hybridized carbons (Fsp3) is 0.571. The summed E-state index contributed by atoms with van der Waals surface area (Å²) in [5, 5.41) is 12.2. The minimum atomic E-state index is -0.701. The number of aryl methyl sites for hydroxylation is 1. The monoisotopic (exact) mass is 246 g/mol. The van der Waals surface area contributed by atoms with Crippen LogP contribution >= 0.6 is 0 Å². The van der Waals surface area contributed by atoms with Crippen LogP contribution in [0.4, 0.5) is 0 Å². The number of nitrogens with zero attached hydrogens (tertiary/aromatic N) is 1. The smallest absolute Gasteiger partial charge is 0.256 e. The molecule has 1 aliphatic carbocycles. The number of hydrogen-bond donors (Lipinski definition) is 1. The number of nitrogens with one attached hydrogen (secondary N) is 1. The first-order chi connectivity index (χ1) is 8.56. The van der Waals surface area contributed by atoms with Crippen LogP contribution in [0.15, 0.2) is 16.7 Å². The summed E-state index contributed by atoms with van der Waals surface area (Å²) >= 11 is 0. The lowest BCUT2D eigenvalue weighted by molar-refractivity contribution is 0.0892. The number of hydrogen-bond acceptors (Lipinski definition) is 3. The molecular formula is C14H18N2O2. The largest absolute Gasteiger partial charge is 0.469 e. The maximum atomic E-state index is 12.1. The van der Waals surface area contributed by atoms with Gasteiger partial charge in [0, 0.05) is 0 Å². The molecule has 2 rings (SSSR count). The van der Waals surface area contributed by atoms with Crippen molar-refractivity contribution in [3.8, 4) is 6.07 Å². The molecule has 1 saturated carbocycles. The summed E-state index contributed by atoms with van der Waals surface area (Å²) in [7, 11) is 0. The Morgan fingerprint density at radius 1 is 1.56 bits per heavy atom. The van der Waals surface area contributed by atoms with Gasteiger partial charge in [0.05, 0.1) is 17.9 Å². The predicted molar refractivity (Wildman–Crippen MR) is 66.9 cm³/mol. The maximum absolute atomic E-state index is 12.1. The zero-order valence-corrected chi connectivity index (χ0v) is 10.8. The van der Waals surface area contributed by atoms with E-state index < -0.39 is 5.54 Å². The molecular weight excluding hydrogens is 228 g/mol. The Morgan fingerprint density at radius 2 is 2.22 bits per heavy atom. The number of carbonyl (C=O) groups excluding carboxylic acids is 1. The molecule has 4 nitrogen and oxygen atoms in total. The topological polar surface area (TPSA) is 66.0 Å². The molecule has 0 saturated heterocycles. The van der Waals surface area contributed by atoms with Gasteiger partial charge >= 0.3 is 0 Å². The normalized spacial score (nSPS) is 27.5. The standard InChI is InChI=1S/C14H18N2O2/c1-10-3-6-14(9-15,7-4-10)16-13(17)12-5-8-18-11(12)2/h5,8,10H,3-4,6-7H2,1-2H3,(H,16,17). The van der Waals surface area contributed by atoms with E-state index in [2.05, 4.69) is 18.3 Å². The summed E-state index contributed by atoms with van der Waals surface area (Å²) in [5.41, 5.74) is -0.184. The van der Waals surface area contributed by atoms with Gasteiger partial charge in [-0.3, -0.25) is 4.79 Å². The lowest BCUT2D eigenvalue weighted by Crippen LogP contribution is -2.49. The Morgan fingerprint density at radius 3 is 2.72 bits per heavy atom. The van der Waals surface area contributed by atoms with Gasteiger partial charge in [0.1, 0.15) is 11.3 Å². The lowest BCUT2D eigenvalue weighted by atomic mass is 9.78. The van der Waals surface area contributed by atoms with E-state index in [1.807, 2.05) is 0 Å². The van der Waals surface area contributed by atoms with Crippen molar-refractivity contribution in [2.75, 3.05) is 0 Å². The predicted octanol–water partition coefficient (Wildman–Crippen LogP) is 2.79. The van der Waals surface area contributed by atoms with Crippen LogP contribution in [0.5, 0.6) is 0 Å². The van der Waals surface area contributed by atoms with Crippen molar-refractivity contribution in [2.45, 2.75) is 45.1 Å². The van der Waals surface area contributed by atoms with Crippen LogP contribution in [-0.2, 0) is 0 Å². The molecule has 0 aromatic carbocycles. The number of carbonyl (C=O) groups is 1.